The van der Waals surface area contributed by atoms with Crippen molar-refractivity contribution in [3.05, 3.63) is 58.1 Å². The summed E-state index contributed by atoms with van der Waals surface area (Å²) >= 11 is 5.81. The number of para-hydroxylation sites is 1. The second-order valence-electron chi connectivity index (χ2n) is 5.56. The molecule has 0 aliphatic heterocycles. The number of halogens is 4. The molecule has 8 heteroatoms. The molecule has 0 spiro atoms. The second kappa shape index (κ2) is 7.78. The Morgan fingerprint density at radius 3 is 2.35 bits per heavy atom. The van der Waals surface area contributed by atoms with Crippen LogP contribution < -0.4 is 10.6 Å². The predicted molar refractivity (Wildman–Crippen MR) is 94.3 cm³/mol. The lowest BCUT2D eigenvalue weighted by Gasteiger charge is -2.14. The van der Waals surface area contributed by atoms with E-state index in [0.29, 0.717) is 18.2 Å². The molecule has 2 aromatic carbocycles. The summed E-state index contributed by atoms with van der Waals surface area (Å²) in [6, 6.07) is 7.89. The minimum Gasteiger partial charge on any atom is -0.317 e. The Balaban J connectivity index is 2.20. The molecule has 0 atom stereocenters. The Labute approximate surface area is 153 Å². The van der Waals surface area contributed by atoms with Gasteiger partial charge in [0.1, 0.15) is 0 Å². The van der Waals surface area contributed by atoms with Crippen molar-refractivity contribution in [1.29, 1.82) is 0 Å². The van der Waals surface area contributed by atoms with Gasteiger partial charge in [0.25, 0.3) is 0 Å². The van der Waals surface area contributed by atoms with Crippen LogP contribution in [0, 0.1) is 6.92 Å². The summed E-state index contributed by atoms with van der Waals surface area (Å²) in [6.45, 7) is 3.67. The molecule has 0 aliphatic rings. The number of anilines is 2. The molecular weight excluding hydrogens is 369 g/mol. The Morgan fingerprint density at radius 2 is 1.73 bits per heavy atom. The normalized spacial score (nSPS) is 11.2. The standard InChI is InChI=1S/C18H16ClF3N2O2/c1-3-11-6-4-5-10(2)15(11)24-17(26)16(25)23-14-9-12(18(20,21)22)7-8-13(14)19/h4-9H,3H2,1-2H3,(H,23,25)(H,24,26). The number of alkyl halides is 3. The van der Waals surface area contributed by atoms with Crippen molar-refractivity contribution in [3.63, 3.8) is 0 Å². The first kappa shape index (κ1) is 19.8. The van der Waals surface area contributed by atoms with Crippen LogP contribution in [0.1, 0.15) is 23.6 Å². The van der Waals surface area contributed by atoms with E-state index in [9.17, 15) is 22.8 Å². The van der Waals surface area contributed by atoms with Gasteiger partial charge in [0.15, 0.2) is 0 Å². The topological polar surface area (TPSA) is 58.2 Å². The number of carbonyl (C=O) groups excluding carboxylic acids is 2. The summed E-state index contributed by atoms with van der Waals surface area (Å²) in [5.74, 6) is -2.11. The number of nitrogens with one attached hydrogen (secondary N) is 2. The first-order chi connectivity index (χ1) is 12.1. The maximum Gasteiger partial charge on any atom is 0.416 e. The van der Waals surface area contributed by atoms with Crippen molar-refractivity contribution in [1.82, 2.24) is 0 Å². The van der Waals surface area contributed by atoms with Crippen molar-refractivity contribution >= 4 is 34.8 Å². The highest BCUT2D eigenvalue weighted by Gasteiger charge is 2.31. The Morgan fingerprint density at radius 1 is 1.08 bits per heavy atom. The van der Waals surface area contributed by atoms with E-state index in [1.54, 1.807) is 13.0 Å². The van der Waals surface area contributed by atoms with Gasteiger partial charge in [0, 0.05) is 5.69 Å². The smallest absolute Gasteiger partial charge is 0.317 e. The van der Waals surface area contributed by atoms with Crippen LogP contribution in [0.25, 0.3) is 0 Å². The van der Waals surface area contributed by atoms with Crippen LogP contribution in [0.4, 0.5) is 24.5 Å². The molecular formula is C18H16ClF3N2O2. The molecule has 26 heavy (non-hydrogen) atoms. The number of rotatable bonds is 3. The molecule has 138 valence electrons. The van der Waals surface area contributed by atoms with Gasteiger partial charge in [-0.15, -0.1) is 0 Å². The highest BCUT2D eigenvalue weighted by Crippen LogP contribution is 2.33. The third-order valence-corrected chi connectivity index (χ3v) is 4.06. The highest BCUT2D eigenvalue weighted by atomic mass is 35.5. The minimum atomic E-state index is -4.59. The maximum atomic E-state index is 12.8. The van der Waals surface area contributed by atoms with Gasteiger partial charge >= 0.3 is 18.0 Å². The van der Waals surface area contributed by atoms with Gasteiger partial charge in [-0.25, -0.2) is 0 Å². The molecule has 0 fully saturated rings. The zero-order chi connectivity index (χ0) is 19.5. The monoisotopic (exact) mass is 384 g/mol. The van der Waals surface area contributed by atoms with E-state index in [2.05, 4.69) is 10.6 Å². The summed E-state index contributed by atoms with van der Waals surface area (Å²) < 4.78 is 38.3. The Bertz CT molecular complexity index is 851. The van der Waals surface area contributed by atoms with E-state index >= 15 is 0 Å². The molecule has 2 aromatic rings. The molecule has 2 rings (SSSR count). The molecule has 2 amide bonds. The van der Waals surface area contributed by atoms with Crippen LogP contribution in [0.15, 0.2) is 36.4 Å². The molecule has 0 unspecified atom stereocenters. The average Bonchev–Trinajstić information content (AvgIpc) is 2.57. The predicted octanol–water partition coefficient (Wildman–Crippen LogP) is 4.81. The first-order valence-corrected chi connectivity index (χ1v) is 8.08. The fraction of sp³-hybridized carbons (Fsp3) is 0.222. The Kier molecular flexibility index (Phi) is 5.92. The molecule has 0 radical (unpaired) electrons. The van der Waals surface area contributed by atoms with Gasteiger partial charge in [0.2, 0.25) is 0 Å². The maximum absolute atomic E-state index is 12.8. The van der Waals surface area contributed by atoms with E-state index in [0.717, 1.165) is 23.3 Å². The van der Waals surface area contributed by atoms with E-state index in [1.807, 2.05) is 19.1 Å². The second-order valence-corrected chi connectivity index (χ2v) is 5.97. The van der Waals surface area contributed by atoms with Gasteiger partial charge < -0.3 is 10.6 Å². The summed E-state index contributed by atoms with van der Waals surface area (Å²) in [6.07, 6.45) is -3.96. The van der Waals surface area contributed by atoms with Crippen molar-refractivity contribution in [2.75, 3.05) is 10.6 Å². The lowest BCUT2D eigenvalue weighted by molar-refractivity contribution is -0.137. The molecule has 2 N–H and O–H groups in total. The number of hydrogen-bond donors (Lipinski definition) is 2. The highest BCUT2D eigenvalue weighted by molar-refractivity contribution is 6.45. The van der Waals surface area contributed by atoms with E-state index < -0.39 is 23.6 Å². The SMILES string of the molecule is CCc1cccc(C)c1NC(=O)C(=O)Nc1cc(C(F)(F)F)ccc1Cl. The van der Waals surface area contributed by atoms with Crippen LogP contribution >= 0.6 is 11.6 Å². The van der Waals surface area contributed by atoms with Crippen LogP contribution in [-0.2, 0) is 22.2 Å². The van der Waals surface area contributed by atoms with E-state index in [4.69, 9.17) is 11.6 Å². The fourth-order valence-electron chi connectivity index (χ4n) is 2.35. The molecule has 0 aromatic heterocycles. The van der Waals surface area contributed by atoms with Crippen molar-refractivity contribution < 1.29 is 22.8 Å². The minimum absolute atomic E-state index is 0.107. The zero-order valence-electron chi connectivity index (χ0n) is 14.0. The summed E-state index contributed by atoms with van der Waals surface area (Å²) in [5, 5.41) is 4.51. The quantitative estimate of drug-likeness (QED) is 0.746. The Hall–Kier alpha value is -2.54. The third-order valence-electron chi connectivity index (χ3n) is 3.73. The van der Waals surface area contributed by atoms with Crippen LogP contribution in [-0.4, -0.2) is 11.8 Å². The van der Waals surface area contributed by atoms with E-state index in [1.165, 1.54) is 0 Å². The molecule has 0 bridgehead atoms. The van der Waals surface area contributed by atoms with Gasteiger partial charge in [0.05, 0.1) is 16.3 Å². The number of aryl methyl sites for hydroxylation is 2. The van der Waals surface area contributed by atoms with Gasteiger partial charge in [-0.2, -0.15) is 13.2 Å². The van der Waals surface area contributed by atoms with Crippen molar-refractivity contribution in [2.24, 2.45) is 0 Å². The molecule has 0 heterocycles. The zero-order valence-corrected chi connectivity index (χ0v) is 14.8. The lowest BCUT2D eigenvalue weighted by atomic mass is 10.1. The van der Waals surface area contributed by atoms with Crippen LogP contribution in [0.2, 0.25) is 5.02 Å². The first-order valence-electron chi connectivity index (χ1n) is 7.71. The number of amides is 2. The summed E-state index contributed by atoms with van der Waals surface area (Å²) in [5.41, 5.74) is 0.836. The molecule has 4 nitrogen and oxygen atoms in total. The largest absolute Gasteiger partial charge is 0.416 e. The number of carbonyl (C=O) groups is 2. The molecule has 0 saturated heterocycles. The lowest BCUT2D eigenvalue weighted by Crippen LogP contribution is -2.30. The number of hydrogen-bond acceptors (Lipinski definition) is 2. The molecule has 0 saturated carbocycles. The molecule has 0 aliphatic carbocycles. The summed E-state index contributed by atoms with van der Waals surface area (Å²) in [4.78, 5) is 24.2. The fourth-order valence-corrected chi connectivity index (χ4v) is 2.51. The van der Waals surface area contributed by atoms with Gasteiger partial charge in [-0.1, -0.05) is 36.7 Å². The third kappa shape index (κ3) is 4.54. The van der Waals surface area contributed by atoms with Crippen LogP contribution in [0.3, 0.4) is 0 Å². The van der Waals surface area contributed by atoms with E-state index in [-0.39, 0.29) is 10.7 Å². The summed E-state index contributed by atoms with van der Waals surface area (Å²) in [7, 11) is 0. The van der Waals surface area contributed by atoms with Gasteiger partial charge in [-0.3, -0.25) is 9.59 Å². The average molecular weight is 385 g/mol. The number of benzene rings is 2. The van der Waals surface area contributed by atoms with Gasteiger partial charge in [-0.05, 0) is 42.7 Å². The van der Waals surface area contributed by atoms with Crippen molar-refractivity contribution in [3.8, 4) is 0 Å². The van der Waals surface area contributed by atoms with Crippen LogP contribution in [0.5, 0.6) is 0 Å². The van der Waals surface area contributed by atoms with Crippen molar-refractivity contribution in [2.45, 2.75) is 26.4 Å².